The van der Waals surface area contributed by atoms with E-state index in [0.717, 1.165) is 6.20 Å². The SMILES string of the molecule is CO/C(=C/N=[N+]=[N-])CS(=O)(=O)c1ccccc1. The number of methoxy groups -OCH3 is 1. The van der Waals surface area contributed by atoms with E-state index in [0.29, 0.717) is 0 Å². The van der Waals surface area contributed by atoms with Crippen LogP contribution in [0, 0.1) is 0 Å². The lowest BCUT2D eigenvalue weighted by molar-refractivity contribution is 0.293. The Labute approximate surface area is 99.1 Å². The van der Waals surface area contributed by atoms with E-state index in [1.165, 1.54) is 19.2 Å². The van der Waals surface area contributed by atoms with Gasteiger partial charge in [-0.15, -0.1) is 0 Å². The fraction of sp³-hybridized carbons (Fsp3) is 0.200. The molecule has 0 saturated heterocycles. The first-order valence-electron chi connectivity index (χ1n) is 4.65. The summed E-state index contributed by atoms with van der Waals surface area (Å²) in [7, 11) is -2.16. The summed E-state index contributed by atoms with van der Waals surface area (Å²) in [6.45, 7) is 0. The molecule has 0 radical (unpaired) electrons. The van der Waals surface area contributed by atoms with E-state index < -0.39 is 9.84 Å². The monoisotopic (exact) mass is 253 g/mol. The summed E-state index contributed by atoms with van der Waals surface area (Å²) in [5.41, 5.74) is 8.13. The Morgan fingerprint density at radius 2 is 2.12 bits per heavy atom. The number of benzene rings is 1. The first-order valence-corrected chi connectivity index (χ1v) is 6.30. The second-order valence-corrected chi connectivity index (χ2v) is 5.07. The maximum absolute atomic E-state index is 11.9. The number of azide groups is 1. The van der Waals surface area contributed by atoms with Gasteiger partial charge in [0.2, 0.25) is 0 Å². The summed E-state index contributed by atoms with van der Waals surface area (Å²) in [5.74, 6) is -0.251. The molecule has 0 amide bonds. The highest BCUT2D eigenvalue weighted by molar-refractivity contribution is 7.91. The Bertz CT molecular complexity index is 545. The molecule has 0 atom stereocenters. The molecule has 0 aliphatic heterocycles. The third kappa shape index (κ3) is 3.82. The minimum absolute atomic E-state index is 0.0895. The normalized spacial score (nSPS) is 11.7. The predicted molar refractivity (Wildman–Crippen MR) is 62.7 cm³/mol. The largest absolute Gasteiger partial charge is 0.500 e. The number of nitrogens with zero attached hydrogens (tertiary/aromatic N) is 3. The van der Waals surface area contributed by atoms with Crippen LogP contribution in [0.1, 0.15) is 0 Å². The smallest absolute Gasteiger partial charge is 0.185 e. The van der Waals surface area contributed by atoms with Crippen LogP contribution < -0.4 is 0 Å². The van der Waals surface area contributed by atoms with Gasteiger partial charge < -0.3 is 4.74 Å². The molecule has 0 aromatic heterocycles. The third-order valence-corrected chi connectivity index (χ3v) is 3.61. The average molecular weight is 253 g/mol. The highest BCUT2D eigenvalue weighted by Crippen LogP contribution is 2.13. The van der Waals surface area contributed by atoms with Gasteiger partial charge in [-0.2, -0.15) is 0 Å². The van der Waals surface area contributed by atoms with E-state index in [1.54, 1.807) is 18.2 Å². The molecule has 1 aromatic rings. The lowest BCUT2D eigenvalue weighted by Gasteiger charge is -2.06. The second kappa shape index (κ2) is 5.93. The molecule has 90 valence electrons. The molecular weight excluding hydrogens is 242 g/mol. The van der Waals surface area contributed by atoms with Gasteiger partial charge in [-0.05, 0) is 17.7 Å². The lowest BCUT2D eigenvalue weighted by atomic mass is 10.4. The highest BCUT2D eigenvalue weighted by Gasteiger charge is 2.16. The van der Waals surface area contributed by atoms with E-state index in [9.17, 15) is 8.42 Å². The number of rotatable bonds is 5. The Balaban J connectivity index is 2.98. The fourth-order valence-electron chi connectivity index (χ4n) is 1.14. The van der Waals surface area contributed by atoms with Crippen LogP contribution in [-0.4, -0.2) is 21.3 Å². The molecule has 0 unspecified atom stereocenters. The molecule has 0 bridgehead atoms. The molecule has 17 heavy (non-hydrogen) atoms. The molecule has 1 aromatic carbocycles. The minimum atomic E-state index is -3.48. The van der Waals surface area contributed by atoms with Crippen molar-refractivity contribution in [3.8, 4) is 0 Å². The second-order valence-electron chi connectivity index (χ2n) is 3.08. The summed E-state index contributed by atoms with van der Waals surface area (Å²) in [4.78, 5) is 2.70. The van der Waals surface area contributed by atoms with Gasteiger partial charge in [-0.1, -0.05) is 23.3 Å². The zero-order valence-corrected chi connectivity index (χ0v) is 9.96. The number of hydrogen-bond acceptors (Lipinski definition) is 4. The summed E-state index contributed by atoms with van der Waals surface area (Å²) in [6.07, 6.45) is 1.04. The first kappa shape index (κ1) is 13.1. The van der Waals surface area contributed by atoms with E-state index in [-0.39, 0.29) is 16.4 Å². The van der Waals surface area contributed by atoms with Crippen LogP contribution >= 0.6 is 0 Å². The predicted octanol–water partition coefficient (Wildman–Crippen LogP) is 2.26. The minimum Gasteiger partial charge on any atom is -0.500 e. The van der Waals surface area contributed by atoms with Crippen molar-refractivity contribution in [2.24, 2.45) is 5.11 Å². The van der Waals surface area contributed by atoms with Gasteiger partial charge in [0.15, 0.2) is 9.84 Å². The van der Waals surface area contributed by atoms with Gasteiger partial charge in [0, 0.05) is 11.1 Å². The molecule has 1 rings (SSSR count). The van der Waals surface area contributed by atoms with Crippen molar-refractivity contribution >= 4 is 9.84 Å². The number of hydrogen-bond donors (Lipinski definition) is 0. The molecule has 0 heterocycles. The molecule has 0 fully saturated rings. The van der Waals surface area contributed by atoms with Crippen LogP contribution in [0.5, 0.6) is 0 Å². The Morgan fingerprint density at radius 1 is 1.47 bits per heavy atom. The topological polar surface area (TPSA) is 92.1 Å². The van der Waals surface area contributed by atoms with Gasteiger partial charge in [-0.25, -0.2) is 8.42 Å². The van der Waals surface area contributed by atoms with Gasteiger partial charge in [0.05, 0.1) is 12.0 Å². The fourth-order valence-corrected chi connectivity index (χ4v) is 2.44. The van der Waals surface area contributed by atoms with Crippen LogP contribution in [0.3, 0.4) is 0 Å². The van der Waals surface area contributed by atoms with Gasteiger partial charge >= 0.3 is 0 Å². The van der Waals surface area contributed by atoms with Crippen molar-refractivity contribution in [3.63, 3.8) is 0 Å². The molecule has 0 spiro atoms. The van der Waals surface area contributed by atoms with Crippen LogP contribution in [0.4, 0.5) is 0 Å². The Hall–Kier alpha value is -1.98. The van der Waals surface area contributed by atoms with Gasteiger partial charge in [-0.3, -0.25) is 0 Å². The van der Waals surface area contributed by atoms with Crippen LogP contribution in [-0.2, 0) is 14.6 Å². The van der Waals surface area contributed by atoms with E-state index >= 15 is 0 Å². The molecule has 0 N–H and O–H groups in total. The van der Waals surface area contributed by atoms with E-state index in [2.05, 4.69) is 10.0 Å². The quantitative estimate of drug-likeness (QED) is 0.348. The summed E-state index contributed by atoms with van der Waals surface area (Å²) < 4.78 is 28.6. The van der Waals surface area contributed by atoms with E-state index in [4.69, 9.17) is 10.3 Å². The molecule has 0 aliphatic rings. The average Bonchev–Trinajstić information content (AvgIpc) is 2.35. The number of ether oxygens (including phenoxy) is 1. The molecule has 6 nitrogen and oxygen atoms in total. The van der Waals surface area contributed by atoms with Crippen LogP contribution in [0.2, 0.25) is 0 Å². The van der Waals surface area contributed by atoms with Crippen molar-refractivity contribution in [3.05, 3.63) is 52.7 Å². The zero-order valence-electron chi connectivity index (χ0n) is 9.15. The molecule has 0 saturated carbocycles. The molecule has 7 heteroatoms. The maximum atomic E-state index is 11.9. The van der Waals surface area contributed by atoms with Crippen LogP contribution in [0.25, 0.3) is 10.4 Å². The first-order chi connectivity index (χ1) is 8.10. The molecule has 0 aliphatic carbocycles. The van der Waals surface area contributed by atoms with Crippen molar-refractivity contribution in [2.75, 3.05) is 12.9 Å². The van der Waals surface area contributed by atoms with Crippen molar-refractivity contribution in [1.29, 1.82) is 0 Å². The van der Waals surface area contributed by atoms with Crippen molar-refractivity contribution in [2.45, 2.75) is 4.90 Å². The summed E-state index contributed by atoms with van der Waals surface area (Å²) in [6, 6.07) is 7.99. The maximum Gasteiger partial charge on any atom is 0.185 e. The van der Waals surface area contributed by atoms with Gasteiger partial charge in [0.1, 0.15) is 11.5 Å². The number of sulfone groups is 1. The zero-order chi connectivity index (χ0) is 12.7. The summed E-state index contributed by atoms with van der Waals surface area (Å²) >= 11 is 0. The van der Waals surface area contributed by atoms with E-state index in [1.807, 2.05) is 0 Å². The standard InChI is InChI=1S/C10H11N3O3S/c1-16-9(7-12-13-11)8-17(14,15)10-5-3-2-4-6-10/h2-7H,8H2,1H3/b9-7+. The van der Waals surface area contributed by atoms with Crippen LogP contribution in [0.15, 0.2) is 52.3 Å². The third-order valence-electron chi connectivity index (χ3n) is 1.95. The van der Waals surface area contributed by atoms with Crippen molar-refractivity contribution in [1.82, 2.24) is 0 Å². The highest BCUT2D eigenvalue weighted by atomic mass is 32.2. The van der Waals surface area contributed by atoms with Gasteiger partial charge in [0.25, 0.3) is 0 Å². The Morgan fingerprint density at radius 3 is 2.65 bits per heavy atom. The summed E-state index contributed by atoms with van der Waals surface area (Å²) in [5, 5.41) is 3.15. The molecular formula is C10H11N3O3S. The lowest BCUT2D eigenvalue weighted by Crippen LogP contribution is -2.10. The Kier molecular flexibility index (Phi) is 4.56. The van der Waals surface area contributed by atoms with Crippen molar-refractivity contribution < 1.29 is 13.2 Å².